The minimum absolute atomic E-state index is 0.0409. The van der Waals surface area contributed by atoms with E-state index >= 15 is 0 Å². The standard InChI is InChI=1S/C31H42N5O6P/c1-6-9-19-31(5,21-41-43(38,35-22(4)30(37)40-8-3)42-23-15-11-10-12-16-23)36-26(20-39-7-2)34-27-28(36)24-17-13-14-18-25(24)33-29(27)32/h10-18,22H,6-9,19-21H2,1-5H3,(H2,32,33)(H,35,38)/t22-,31?,43-/m0/s1. The molecule has 0 saturated heterocycles. The van der Waals surface area contributed by atoms with E-state index in [4.69, 9.17) is 29.2 Å². The van der Waals surface area contributed by atoms with E-state index in [2.05, 4.69) is 21.6 Å². The molecule has 3 N–H and O–H groups in total. The SMILES string of the molecule is CCCCC(C)(CO[P@@](=O)(N[C@@H](C)C(=O)OCC)Oc1ccccc1)n1c(COCC)nc2c(N)nc3ccccc3c21. The zero-order valence-corrected chi connectivity index (χ0v) is 26.4. The molecule has 11 nitrogen and oxygen atoms in total. The Labute approximate surface area is 252 Å². The lowest BCUT2D eigenvalue weighted by atomic mass is 9.94. The molecule has 0 spiro atoms. The summed E-state index contributed by atoms with van der Waals surface area (Å²) in [7, 11) is -4.11. The number of nitrogen functional groups attached to an aromatic ring is 1. The molecule has 2 aromatic carbocycles. The number of hydrogen-bond donors (Lipinski definition) is 2. The van der Waals surface area contributed by atoms with Crippen LogP contribution < -0.4 is 15.3 Å². The van der Waals surface area contributed by atoms with Crippen molar-refractivity contribution in [3.05, 3.63) is 60.4 Å². The van der Waals surface area contributed by atoms with Gasteiger partial charge in [-0.05, 0) is 52.3 Å². The van der Waals surface area contributed by atoms with Crippen molar-refractivity contribution < 1.29 is 27.9 Å². The summed E-state index contributed by atoms with van der Waals surface area (Å²) < 4.78 is 39.6. The van der Waals surface area contributed by atoms with Crippen molar-refractivity contribution >= 4 is 41.5 Å². The van der Waals surface area contributed by atoms with Crippen molar-refractivity contribution in [3.8, 4) is 5.75 Å². The van der Waals surface area contributed by atoms with Gasteiger partial charge in [0, 0.05) is 12.0 Å². The highest BCUT2D eigenvalue weighted by atomic mass is 31.2. The van der Waals surface area contributed by atoms with Gasteiger partial charge >= 0.3 is 13.7 Å². The minimum Gasteiger partial charge on any atom is -0.465 e. The molecule has 1 unspecified atom stereocenters. The molecule has 0 aliphatic heterocycles. The van der Waals surface area contributed by atoms with Crippen molar-refractivity contribution in [1.29, 1.82) is 0 Å². The van der Waals surface area contributed by atoms with Crippen LogP contribution in [-0.2, 0) is 35.5 Å². The fourth-order valence-electron chi connectivity index (χ4n) is 5.02. The van der Waals surface area contributed by atoms with Gasteiger partial charge < -0.3 is 24.3 Å². The topological polar surface area (TPSA) is 140 Å². The Balaban J connectivity index is 1.82. The van der Waals surface area contributed by atoms with E-state index in [9.17, 15) is 9.36 Å². The van der Waals surface area contributed by atoms with Crippen LogP contribution in [-0.4, -0.2) is 46.4 Å². The summed E-state index contributed by atoms with van der Waals surface area (Å²) in [5, 5.41) is 3.66. The predicted molar refractivity (Wildman–Crippen MR) is 168 cm³/mol. The quantitative estimate of drug-likeness (QED) is 0.109. The number of nitrogens with two attached hydrogens (primary N) is 1. The van der Waals surface area contributed by atoms with Crippen LogP contribution in [0.4, 0.5) is 5.82 Å². The Hall–Kier alpha value is -3.50. The van der Waals surface area contributed by atoms with Gasteiger partial charge in [0.1, 0.15) is 29.7 Å². The van der Waals surface area contributed by atoms with E-state index in [-0.39, 0.29) is 19.8 Å². The van der Waals surface area contributed by atoms with E-state index in [1.165, 1.54) is 0 Å². The van der Waals surface area contributed by atoms with E-state index in [0.29, 0.717) is 35.9 Å². The number of fused-ring (bicyclic) bond motifs is 3. The number of unbranched alkanes of at least 4 members (excludes halogenated alkanes) is 1. The van der Waals surface area contributed by atoms with Crippen LogP contribution in [0.25, 0.3) is 21.9 Å². The molecular formula is C31H42N5O6P. The average molecular weight is 612 g/mol. The summed E-state index contributed by atoms with van der Waals surface area (Å²) in [6.45, 7) is 10.2. The first-order valence-electron chi connectivity index (χ1n) is 14.7. The summed E-state index contributed by atoms with van der Waals surface area (Å²) >= 11 is 0. The largest absolute Gasteiger partial charge is 0.465 e. The fraction of sp³-hybridized carbons (Fsp3) is 0.452. The number of anilines is 1. The van der Waals surface area contributed by atoms with Crippen molar-refractivity contribution in [2.24, 2.45) is 0 Å². The zero-order chi connectivity index (χ0) is 31.0. The molecule has 232 valence electrons. The molecule has 4 rings (SSSR count). The first-order valence-corrected chi connectivity index (χ1v) is 16.3. The molecular weight excluding hydrogens is 569 g/mol. The molecule has 0 aliphatic carbocycles. The van der Waals surface area contributed by atoms with Crippen LogP contribution >= 0.6 is 7.75 Å². The maximum absolute atomic E-state index is 14.3. The maximum Gasteiger partial charge on any atom is 0.459 e. The van der Waals surface area contributed by atoms with Crippen LogP contribution in [0, 0.1) is 0 Å². The van der Waals surface area contributed by atoms with Crippen LogP contribution in [0.1, 0.15) is 59.7 Å². The highest BCUT2D eigenvalue weighted by Crippen LogP contribution is 2.47. The lowest BCUT2D eigenvalue weighted by Gasteiger charge is -2.35. The molecule has 0 fully saturated rings. The normalized spacial score (nSPS) is 15.2. The van der Waals surface area contributed by atoms with Crippen LogP contribution in [0.5, 0.6) is 5.75 Å². The number of para-hydroxylation sites is 2. The summed E-state index contributed by atoms with van der Waals surface area (Å²) in [6, 6.07) is 15.5. The molecule has 4 aromatic rings. The highest BCUT2D eigenvalue weighted by molar-refractivity contribution is 7.52. The molecule has 0 saturated carbocycles. The molecule has 0 amide bonds. The second-order valence-electron chi connectivity index (χ2n) is 10.6. The molecule has 3 atom stereocenters. The van der Waals surface area contributed by atoms with E-state index in [1.807, 2.05) is 44.2 Å². The first kappa shape index (κ1) is 32.4. The van der Waals surface area contributed by atoms with Gasteiger partial charge in [-0.15, -0.1) is 0 Å². The van der Waals surface area contributed by atoms with Crippen molar-refractivity contribution in [2.45, 2.75) is 72.1 Å². The third-order valence-corrected chi connectivity index (χ3v) is 8.76. The third-order valence-electron chi connectivity index (χ3n) is 7.14. The molecule has 0 bridgehead atoms. The number of rotatable bonds is 16. The number of carbonyl (C=O) groups is 1. The number of hydrogen-bond acceptors (Lipinski definition) is 9. The monoisotopic (exact) mass is 611 g/mol. The van der Waals surface area contributed by atoms with Crippen LogP contribution in [0.2, 0.25) is 0 Å². The molecule has 43 heavy (non-hydrogen) atoms. The molecule has 12 heteroatoms. The van der Waals surface area contributed by atoms with Crippen LogP contribution in [0.15, 0.2) is 54.6 Å². The van der Waals surface area contributed by atoms with Gasteiger partial charge in [0.15, 0.2) is 5.82 Å². The smallest absolute Gasteiger partial charge is 0.459 e. The summed E-state index contributed by atoms with van der Waals surface area (Å²) in [6.07, 6.45) is 2.43. The van der Waals surface area contributed by atoms with Gasteiger partial charge in [0.2, 0.25) is 0 Å². The number of imidazole rings is 1. The Morgan fingerprint density at radius 2 is 1.79 bits per heavy atom. The maximum atomic E-state index is 14.3. The molecule has 2 heterocycles. The Morgan fingerprint density at radius 1 is 1.07 bits per heavy atom. The Morgan fingerprint density at radius 3 is 2.49 bits per heavy atom. The van der Waals surface area contributed by atoms with Gasteiger partial charge in [-0.25, -0.2) is 14.5 Å². The lowest BCUT2D eigenvalue weighted by molar-refractivity contribution is -0.144. The van der Waals surface area contributed by atoms with Gasteiger partial charge in [-0.2, -0.15) is 5.09 Å². The van der Waals surface area contributed by atoms with Crippen molar-refractivity contribution in [1.82, 2.24) is 19.6 Å². The zero-order valence-electron chi connectivity index (χ0n) is 25.5. The van der Waals surface area contributed by atoms with Crippen LogP contribution in [0.3, 0.4) is 0 Å². The summed E-state index contributed by atoms with van der Waals surface area (Å²) in [5.41, 5.74) is 7.75. The molecule has 0 aliphatic rings. The number of nitrogens with zero attached hydrogens (tertiary/aromatic N) is 3. The van der Waals surface area contributed by atoms with E-state index in [0.717, 1.165) is 29.3 Å². The number of nitrogens with one attached hydrogen (secondary N) is 1. The fourth-order valence-corrected chi connectivity index (χ4v) is 6.62. The van der Waals surface area contributed by atoms with Gasteiger partial charge in [-0.3, -0.25) is 9.32 Å². The average Bonchev–Trinajstić information content (AvgIpc) is 3.40. The number of ether oxygens (including phenoxy) is 2. The van der Waals surface area contributed by atoms with Crippen molar-refractivity contribution in [3.63, 3.8) is 0 Å². The molecule has 2 aromatic heterocycles. The second kappa shape index (κ2) is 14.3. The number of carbonyl (C=O) groups excluding carboxylic acids is 1. The number of aromatic nitrogens is 3. The third kappa shape index (κ3) is 7.54. The number of pyridine rings is 1. The van der Waals surface area contributed by atoms with Crippen molar-refractivity contribution in [2.75, 3.05) is 25.6 Å². The second-order valence-corrected chi connectivity index (χ2v) is 12.3. The first-order chi connectivity index (χ1) is 20.6. The highest BCUT2D eigenvalue weighted by Gasteiger charge is 2.38. The van der Waals surface area contributed by atoms with Gasteiger partial charge in [0.25, 0.3) is 0 Å². The number of benzene rings is 2. The van der Waals surface area contributed by atoms with Gasteiger partial charge in [-0.1, -0.05) is 56.2 Å². The van der Waals surface area contributed by atoms with Gasteiger partial charge in [0.05, 0.1) is 29.8 Å². The lowest BCUT2D eigenvalue weighted by Crippen LogP contribution is -2.39. The summed E-state index contributed by atoms with van der Waals surface area (Å²) in [5.74, 6) is 0.730. The number of esters is 1. The Bertz CT molecular complexity index is 1580. The summed E-state index contributed by atoms with van der Waals surface area (Å²) in [4.78, 5) is 22.0. The Kier molecular flexibility index (Phi) is 10.8. The molecule has 0 radical (unpaired) electrons. The predicted octanol–water partition coefficient (Wildman–Crippen LogP) is 6.35. The van der Waals surface area contributed by atoms with E-state index in [1.54, 1.807) is 38.1 Å². The van der Waals surface area contributed by atoms with E-state index < -0.39 is 25.3 Å². The minimum atomic E-state index is -4.11.